The fourth-order valence-electron chi connectivity index (χ4n) is 1.34. The Hall–Kier alpha value is -0.540. The van der Waals surface area contributed by atoms with Gasteiger partial charge in [0.05, 0.1) is 6.61 Å². The van der Waals surface area contributed by atoms with E-state index in [2.05, 4.69) is 52.1 Å². The number of anilines is 1. The number of likely N-dealkylation sites (N-methyl/N-ethyl adjacent to an activating group) is 1. The molecule has 0 aliphatic heterocycles. The number of para-hydroxylation sites is 1. The van der Waals surface area contributed by atoms with Crippen molar-refractivity contribution in [2.75, 3.05) is 32.2 Å². The first-order chi connectivity index (χ1) is 6.79. The van der Waals surface area contributed by atoms with Crippen molar-refractivity contribution in [3.05, 3.63) is 29.8 Å². The van der Waals surface area contributed by atoms with Gasteiger partial charge in [0.15, 0.2) is 0 Å². The van der Waals surface area contributed by atoms with Crippen LogP contribution in [0.5, 0.6) is 0 Å². The van der Waals surface area contributed by atoms with Crippen LogP contribution in [-0.4, -0.2) is 27.3 Å². The topological polar surface area (TPSA) is 12.5 Å². The maximum absolute atomic E-state index is 5.05. The molecule has 1 rings (SSSR count). The van der Waals surface area contributed by atoms with Crippen LogP contribution < -0.4 is 4.90 Å². The molecule has 0 aliphatic carbocycles. The maximum atomic E-state index is 5.05. The summed E-state index contributed by atoms with van der Waals surface area (Å²) in [6, 6.07) is 8.38. The first-order valence-corrected chi connectivity index (χ1v) is 5.75. The lowest BCUT2D eigenvalue weighted by Gasteiger charge is -2.21. The van der Waals surface area contributed by atoms with Crippen LogP contribution in [-0.2, 0) is 10.1 Å². The van der Waals surface area contributed by atoms with Crippen molar-refractivity contribution in [2.45, 2.75) is 5.33 Å². The second-order valence-corrected chi connectivity index (χ2v) is 3.74. The highest BCUT2D eigenvalue weighted by molar-refractivity contribution is 9.08. The zero-order valence-electron chi connectivity index (χ0n) is 8.66. The molecule has 0 spiro atoms. The summed E-state index contributed by atoms with van der Waals surface area (Å²) < 4.78 is 5.05. The Morgan fingerprint density at radius 3 is 2.71 bits per heavy atom. The summed E-state index contributed by atoms with van der Waals surface area (Å²) in [6.45, 7) is 1.67. The molecule has 0 radical (unpaired) electrons. The molecule has 0 heterocycles. The van der Waals surface area contributed by atoms with Crippen molar-refractivity contribution < 1.29 is 4.74 Å². The van der Waals surface area contributed by atoms with Gasteiger partial charge in [0.1, 0.15) is 0 Å². The summed E-state index contributed by atoms with van der Waals surface area (Å²) in [4.78, 5) is 2.21. The van der Waals surface area contributed by atoms with Crippen LogP contribution in [0, 0.1) is 0 Å². The van der Waals surface area contributed by atoms with Gasteiger partial charge in [-0.2, -0.15) is 0 Å². The van der Waals surface area contributed by atoms with Gasteiger partial charge in [-0.3, -0.25) is 0 Å². The highest BCUT2D eigenvalue weighted by atomic mass is 79.9. The number of ether oxygens (including phenoxy) is 1. The van der Waals surface area contributed by atoms with Gasteiger partial charge in [-0.1, -0.05) is 34.1 Å². The zero-order valence-corrected chi connectivity index (χ0v) is 10.3. The summed E-state index contributed by atoms with van der Waals surface area (Å²) >= 11 is 3.49. The van der Waals surface area contributed by atoms with Crippen LogP contribution in [0.25, 0.3) is 0 Å². The van der Waals surface area contributed by atoms with Crippen LogP contribution in [0.1, 0.15) is 5.56 Å². The molecular formula is C11H16BrNO. The lowest BCUT2D eigenvalue weighted by atomic mass is 10.2. The molecule has 0 atom stereocenters. The fraction of sp³-hybridized carbons (Fsp3) is 0.455. The highest BCUT2D eigenvalue weighted by Crippen LogP contribution is 2.20. The molecule has 3 heteroatoms. The Labute approximate surface area is 94.0 Å². The third kappa shape index (κ3) is 3.00. The van der Waals surface area contributed by atoms with E-state index in [0.717, 1.165) is 18.5 Å². The molecule has 0 saturated heterocycles. The minimum Gasteiger partial charge on any atom is -0.383 e. The molecule has 14 heavy (non-hydrogen) atoms. The summed E-state index contributed by atoms with van der Waals surface area (Å²) in [6.07, 6.45) is 0. The monoisotopic (exact) mass is 257 g/mol. The van der Waals surface area contributed by atoms with E-state index in [1.807, 2.05) is 0 Å². The molecule has 0 saturated carbocycles. The zero-order chi connectivity index (χ0) is 10.4. The lowest BCUT2D eigenvalue weighted by molar-refractivity contribution is 0.206. The van der Waals surface area contributed by atoms with Gasteiger partial charge >= 0.3 is 0 Å². The molecule has 2 nitrogen and oxygen atoms in total. The Balaban J connectivity index is 2.72. The number of alkyl halides is 1. The molecule has 0 bridgehead atoms. The summed E-state index contributed by atoms with van der Waals surface area (Å²) in [5, 5.41) is 0.889. The largest absolute Gasteiger partial charge is 0.383 e. The summed E-state index contributed by atoms with van der Waals surface area (Å²) in [5.41, 5.74) is 2.58. The fourth-order valence-corrected chi connectivity index (χ4v) is 1.82. The third-order valence-corrected chi connectivity index (χ3v) is 2.78. The first kappa shape index (κ1) is 11.5. The maximum Gasteiger partial charge on any atom is 0.0637 e. The molecule has 0 amide bonds. The Morgan fingerprint density at radius 1 is 1.36 bits per heavy atom. The number of rotatable bonds is 5. The van der Waals surface area contributed by atoms with Gasteiger partial charge in [-0.15, -0.1) is 0 Å². The predicted molar refractivity (Wildman–Crippen MR) is 64.2 cm³/mol. The smallest absolute Gasteiger partial charge is 0.0637 e. The van der Waals surface area contributed by atoms with Gasteiger partial charge < -0.3 is 9.64 Å². The number of hydrogen-bond donors (Lipinski definition) is 0. The lowest BCUT2D eigenvalue weighted by Crippen LogP contribution is -2.22. The molecule has 0 unspecified atom stereocenters. The number of benzene rings is 1. The minimum atomic E-state index is 0.757. The Kier molecular flexibility index (Phi) is 4.98. The van der Waals surface area contributed by atoms with E-state index in [4.69, 9.17) is 4.74 Å². The average Bonchev–Trinajstić information content (AvgIpc) is 2.25. The number of hydrogen-bond acceptors (Lipinski definition) is 2. The van der Waals surface area contributed by atoms with Crippen LogP contribution in [0.3, 0.4) is 0 Å². The number of halogens is 1. The first-order valence-electron chi connectivity index (χ1n) is 4.63. The van der Waals surface area contributed by atoms with E-state index in [-0.39, 0.29) is 0 Å². The molecule has 0 aromatic heterocycles. The van der Waals surface area contributed by atoms with Crippen molar-refractivity contribution in [2.24, 2.45) is 0 Å². The average molecular weight is 258 g/mol. The normalized spacial score (nSPS) is 10.2. The van der Waals surface area contributed by atoms with Crippen molar-refractivity contribution in [3.8, 4) is 0 Å². The van der Waals surface area contributed by atoms with E-state index in [1.165, 1.54) is 11.3 Å². The SMILES string of the molecule is COCCN(C)c1ccccc1CBr. The molecule has 0 fully saturated rings. The van der Waals surface area contributed by atoms with E-state index < -0.39 is 0 Å². The number of methoxy groups -OCH3 is 1. The molecule has 0 N–H and O–H groups in total. The second kappa shape index (κ2) is 6.04. The third-order valence-electron chi connectivity index (χ3n) is 2.18. The molecular weight excluding hydrogens is 242 g/mol. The van der Waals surface area contributed by atoms with Crippen LogP contribution >= 0.6 is 15.9 Å². The van der Waals surface area contributed by atoms with E-state index in [0.29, 0.717) is 0 Å². The quantitative estimate of drug-likeness (QED) is 0.753. The van der Waals surface area contributed by atoms with Gasteiger partial charge in [-0.25, -0.2) is 0 Å². The van der Waals surface area contributed by atoms with Gasteiger partial charge in [0, 0.05) is 31.7 Å². The molecule has 1 aromatic carbocycles. The van der Waals surface area contributed by atoms with E-state index >= 15 is 0 Å². The van der Waals surface area contributed by atoms with Crippen LogP contribution in [0.15, 0.2) is 24.3 Å². The van der Waals surface area contributed by atoms with E-state index in [1.54, 1.807) is 7.11 Å². The molecule has 78 valence electrons. The Bertz CT molecular complexity index is 278. The minimum absolute atomic E-state index is 0.757. The standard InChI is InChI=1S/C11H16BrNO/c1-13(7-8-14-2)11-6-4-3-5-10(11)9-12/h3-6H,7-9H2,1-2H3. The summed E-state index contributed by atoms with van der Waals surface area (Å²) in [5.74, 6) is 0. The van der Waals surface area contributed by atoms with Crippen LogP contribution in [0.2, 0.25) is 0 Å². The van der Waals surface area contributed by atoms with Gasteiger partial charge in [0.25, 0.3) is 0 Å². The summed E-state index contributed by atoms with van der Waals surface area (Å²) in [7, 11) is 3.81. The Morgan fingerprint density at radius 2 is 2.07 bits per heavy atom. The van der Waals surface area contributed by atoms with Crippen molar-refractivity contribution >= 4 is 21.6 Å². The van der Waals surface area contributed by atoms with Crippen molar-refractivity contribution in [3.63, 3.8) is 0 Å². The molecule has 1 aromatic rings. The van der Waals surface area contributed by atoms with Gasteiger partial charge in [0.2, 0.25) is 0 Å². The predicted octanol–water partition coefficient (Wildman–Crippen LogP) is 2.66. The number of nitrogens with zero attached hydrogens (tertiary/aromatic N) is 1. The highest BCUT2D eigenvalue weighted by Gasteiger charge is 2.04. The second-order valence-electron chi connectivity index (χ2n) is 3.18. The van der Waals surface area contributed by atoms with E-state index in [9.17, 15) is 0 Å². The van der Waals surface area contributed by atoms with Crippen molar-refractivity contribution in [1.29, 1.82) is 0 Å². The molecule has 0 aliphatic rings. The van der Waals surface area contributed by atoms with Crippen LogP contribution in [0.4, 0.5) is 5.69 Å². The van der Waals surface area contributed by atoms with Gasteiger partial charge in [-0.05, 0) is 11.6 Å². The van der Waals surface area contributed by atoms with Crippen molar-refractivity contribution in [1.82, 2.24) is 0 Å².